The molecule has 0 spiro atoms. The highest BCUT2D eigenvalue weighted by atomic mass is 79.9. The van der Waals surface area contributed by atoms with E-state index >= 15 is 0 Å². The minimum atomic E-state index is -0.396. The number of pyridine rings is 1. The second-order valence-electron chi connectivity index (χ2n) is 4.86. The van der Waals surface area contributed by atoms with Gasteiger partial charge in [0.15, 0.2) is 0 Å². The molecule has 1 saturated carbocycles. The van der Waals surface area contributed by atoms with Gasteiger partial charge in [-0.05, 0) is 40.9 Å². The number of nitrogens with one attached hydrogen (secondary N) is 1. The van der Waals surface area contributed by atoms with Gasteiger partial charge in [0, 0.05) is 17.2 Å². The Labute approximate surface area is 115 Å². The summed E-state index contributed by atoms with van der Waals surface area (Å²) in [5.74, 6) is 0.598. The van der Waals surface area contributed by atoms with E-state index < -0.39 is 5.41 Å². The number of hydrogen-bond donors (Lipinski definition) is 2. The molecule has 5 heteroatoms. The third-order valence-corrected chi connectivity index (χ3v) is 4.12. The molecule has 3 N–H and O–H groups in total. The summed E-state index contributed by atoms with van der Waals surface area (Å²) in [7, 11) is 0. The summed E-state index contributed by atoms with van der Waals surface area (Å²) < 4.78 is 0.895. The molecule has 1 aliphatic rings. The van der Waals surface area contributed by atoms with Crippen LogP contribution in [0.15, 0.2) is 22.8 Å². The summed E-state index contributed by atoms with van der Waals surface area (Å²) in [6, 6.07) is 3.65. The number of aromatic nitrogens is 1. The van der Waals surface area contributed by atoms with Crippen molar-refractivity contribution in [2.45, 2.75) is 32.1 Å². The topological polar surface area (TPSA) is 68.0 Å². The Morgan fingerprint density at radius 3 is 2.67 bits per heavy atom. The molecule has 1 fully saturated rings. The van der Waals surface area contributed by atoms with Crippen molar-refractivity contribution in [3.8, 4) is 0 Å². The maximum atomic E-state index is 12.4. The highest BCUT2D eigenvalue weighted by Gasteiger charge is 2.38. The maximum Gasteiger partial charge on any atom is 0.233 e. The largest absolute Gasteiger partial charge is 0.329 e. The fraction of sp³-hybridized carbons (Fsp3) is 0.538. The Kier molecular flexibility index (Phi) is 4.35. The van der Waals surface area contributed by atoms with Crippen molar-refractivity contribution in [3.63, 3.8) is 0 Å². The summed E-state index contributed by atoms with van der Waals surface area (Å²) in [6.07, 6.45) is 6.80. The Hall–Kier alpha value is -0.940. The first kappa shape index (κ1) is 13.5. The zero-order chi connectivity index (χ0) is 13.0. The first-order chi connectivity index (χ1) is 8.66. The van der Waals surface area contributed by atoms with Crippen LogP contribution in [0.25, 0.3) is 0 Å². The van der Waals surface area contributed by atoms with Gasteiger partial charge in [-0.3, -0.25) is 4.79 Å². The van der Waals surface area contributed by atoms with E-state index in [0.717, 1.165) is 30.2 Å². The number of rotatable bonds is 3. The molecule has 4 nitrogen and oxygen atoms in total. The van der Waals surface area contributed by atoms with Crippen LogP contribution in [0.1, 0.15) is 32.1 Å². The molecule has 1 aliphatic carbocycles. The van der Waals surface area contributed by atoms with E-state index in [9.17, 15) is 4.79 Å². The molecule has 1 aromatic rings. The van der Waals surface area contributed by atoms with Crippen molar-refractivity contribution < 1.29 is 4.79 Å². The van der Waals surface area contributed by atoms with Crippen molar-refractivity contribution in [2.24, 2.45) is 11.1 Å². The molecular formula is C13H18BrN3O. The van der Waals surface area contributed by atoms with Crippen LogP contribution in [-0.4, -0.2) is 17.4 Å². The zero-order valence-electron chi connectivity index (χ0n) is 10.3. The normalized spacial score (nSPS) is 18.3. The van der Waals surface area contributed by atoms with Crippen LogP contribution in [0.4, 0.5) is 5.82 Å². The summed E-state index contributed by atoms with van der Waals surface area (Å²) in [6.45, 7) is 0.412. The predicted molar refractivity (Wildman–Crippen MR) is 75.1 cm³/mol. The summed E-state index contributed by atoms with van der Waals surface area (Å²) in [5, 5.41) is 2.88. The Balaban J connectivity index is 2.07. The number of amides is 1. The first-order valence-electron chi connectivity index (χ1n) is 6.29. The lowest BCUT2D eigenvalue weighted by Gasteiger charge is -2.34. The van der Waals surface area contributed by atoms with E-state index in [1.165, 1.54) is 6.42 Å². The van der Waals surface area contributed by atoms with Crippen molar-refractivity contribution >= 4 is 27.7 Å². The molecule has 0 bridgehead atoms. The molecule has 1 aromatic heterocycles. The fourth-order valence-corrected chi connectivity index (χ4v) is 2.69. The van der Waals surface area contributed by atoms with Crippen LogP contribution in [0, 0.1) is 5.41 Å². The van der Waals surface area contributed by atoms with Crippen molar-refractivity contribution in [3.05, 3.63) is 22.8 Å². The second kappa shape index (κ2) is 5.80. The molecular weight excluding hydrogens is 294 g/mol. The molecule has 0 radical (unpaired) electrons. The monoisotopic (exact) mass is 311 g/mol. The first-order valence-corrected chi connectivity index (χ1v) is 7.09. The smallest absolute Gasteiger partial charge is 0.233 e. The van der Waals surface area contributed by atoms with Crippen LogP contribution < -0.4 is 11.1 Å². The van der Waals surface area contributed by atoms with Gasteiger partial charge in [0.2, 0.25) is 5.91 Å². The van der Waals surface area contributed by atoms with E-state index in [2.05, 4.69) is 26.2 Å². The zero-order valence-corrected chi connectivity index (χ0v) is 11.9. The van der Waals surface area contributed by atoms with E-state index in [-0.39, 0.29) is 5.91 Å². The minimum absolute atomic E-state index is 0.0134. The molecule has 0 unspecified atom stereocenters. The van der Waals surface area contributed by atoms with Gasteiger partial charge in [0.05, 0.1) is 5.41 Å². The van der Waals surface area contributed by atoms with Gasteiger partial charge in [-0.25, -0.2) is 4.98 Å². The number of nitrogens with zero attached hydrogens (tertiary/aromatic N) is 1. The van der Waals surface area contributed by atoms with Crippen molar-refractivity contribution in [2.75, 3.05) is 11.9 Å². The standard InChI is InChI=1S/C13H18BrN3O/c14-10-4-5-11(16-8-10)17-12(18)13(9-15)6-2-1-3-7-13/h4-5,8H,1-3,6-7,9,15H2,(H,16,17,18). The summed E-state index contributed by atoms with van der Waals surface area (Å²) in [4.78, 5) is 16.5. The van der Waals surface area contributed by atoms with Crippen LogP contribution in [0.5, 0.6) is 0 Å². The van der Waals surface area contributed by atoms with E-state index in [1.54, 1.807) is 12.3 Å². The van der Waals surface area contributed by atoms with Crippen molar-refractivity contribution in [1.29, 1.82) is 0 Å². The molecule has 0 saturated heterocycles. The molecule has 0 aromatic carbocycles. The SMILES string of the molecule is NCC1(C(=O)Nc2ccc(Br)cn2)CCCCC1. The lowest BCUT2D eigenvalue weighted by Crippen LogP contribution is -2.44. The lowest BCUT2D eigenvalue weighted by atomic mass is 9.73. The Morgan fingerprint density at radius 1 is 1.39 bits per heavy atom. The van der Waals surface area contributed by atoms with Gasteiger partial charge < -0.3 is 11.1 Å². The van der Waals surface area contributed by atoms with Crippen LogP contribution in [-0.2, 0) is 4.79 Å². The average molecular weight is 312 g/mol. The van der Waals surface area contributed by atoms with Gasteiger partial charge in [-0.1, -0.05) is 19.3 Å². The van der Waals surface area contributed by atoms with Gasteiger partial charge in [-0.2, -0.15) is 0 Å². The highest BCUT2D eigenvalue weighted by Crippen LogP contribution is 2.36. The minimum Gasteiger partial charge on any atom is -0.329 e. The average Bonchev–Trinajstić information content (AvgIpc) is 2.42. The van der Waals surface area contributed by atoms with Crippen LogP contribution in [0.2, 0.25) is 0 Å². The molecule has 0 atom stereocenters. The van der Waals surface area contributed by atoms with Gasteiger partial charge in [0.1, 0.15) is 5.82 Å². The third-order valence-electron chi connectivity index (χ3n) is 3.65. The predicted octanol–water partition coefficient (Wildman–Crippen LogP) is 2.69. The molecule has 98 valence electrons. The Bertz CT molecular complexity index is 413. The fourth-order valence-electron chi connectivity index (χ4n) is 2.45. The molecule has 18 heavy (non-hydrogen) atoms. The number of anilines is 1. The number of halogens is 1. The second-order valence-corrected chi connectivity index (χ2v) is 5.78. The number of nitrogens with two attached hydrogens (primary N) is 1. The van der Waals surface area contributed by atoms with Gasteiger partial charge in [-0.15, -0.1) is 0 Å². The lowest BCUT2D eigenvalue weighted by molar-refractivity contribution is -0.126. The quantitative estimate of drug-likeness (QED) is 0.901. The van der Waals surface area contributed by atoms with Crippen molar-refractivity contribution in [1.82, 2.24) is 4.98 Å². The van der Waals surface area contributed by atoms with E-state index in [4.69, 9.17) is 5.73 Å². The highest BCUT2D eigenvalue weighted by molar-refractivity contribution is 9.10. The molecule has 0 aliphatic heterocycles. The molecule has 2 rings (SSSR count). The van der Waals surface area contributed by atoms with E-state index in [1.807, 2.05) is 6.07 Å². The molecule has 1 heterocycles. The third kappa shape index (κ3) is 2.90. The number of carbonyl (C=O) groups is 1. The van der Waals surface area contributed by atoms with Gasteiger partial charge in [0.25, 0.3) is 0 Å². The summed E-state index contributed by atoms with van der Waals surface area (Å²) in [5.41, 5.74) is 5.43. The maximum absolute atomic E-state index is 12.4. The number of hydrogen-bond acceptors (Lipinski definition) is 3. The molecule has 1 amide bonds. The number of carbonyl (C=O) groups excluding carboxylic acids is 1. The van der Waals surface area contributed by atoms with E-state index in [0.29, 0.717) is 12.4 Å². The van der Waals surface area contributed by atoms with Crippen LogP contribution in [0.3, 0.4) is 0 Å². The Morgan fingerprint density at radius 2 is 2.11 bits per heavy atom. The van der Waals surface area contributed by atoms with Crippen LogP contribution >= 0.6 is 15.9 Å². The summed E-state index contributed by atoms with van der Waals surface area (Å²) >= 11 is 3.32. The van der Waals surface area contributed by atoms with Gasteiger partial charge >= 0.3 is 0 Å².